The van der Waals surface area contributed by atoms with Crippen LogP contribution < -0.4 is 0 Å². The zero-order valence-electron chi connectivity index (χ0n) is 8.89. The van der Waals surface area contributed by atoms with Crippen molar-refractivity contribution in [3.63, 3.8) is 0 Å². The van der Waals surface area contributed by atoms with Crippen LogP contribution in [-0.2, 0) is 0 Å². The normalized spacial score (nSPS) is 14.4. The second kappa shape index (κ2) is 5.06. The fraction of sp³-hybridized carbons (Fsp3) is 0.455. The van der Waals surface area contributed by atoms with Gasteiger partial charge in [-0.15, -0.1) is 12.1 Å². The standard InChI is InChI=1S/C11H18OSi/c1-6-11(12)9-10(2)7-8-13(3,4)5/h6,9,11-12H,1H2,2-5H3/b10-9+. The van der Waals surface area contributed by atoms with Crippen LogP contribution in [0.15, 0.2) is 24.3 Å². The topological polar surface area (TPSA) is 20.2 Å². The molecule has 0 spiro atoms. The summed E-state index contributed by atoms with van der Waals surface area (Å²) >= 11 is 0. The molecule has 0 saturated carbocycles. The van der Waals surface area contributed by atoms with E-state index in [1.165, 1.54) is 6.08 Å². The van der Waals surface area contributed by atoms with Crippen molar-refractivity contribution >= 4 is 8.07 Å². The summed E-state index contributed by atoms with van der Waals surface area (Å²) in [5.41, 5.74) is 4.14. The van der Waals surface area contributed by atoms with Crippen LogP contribution in [-0.4, -0.2) is 19.3 Å². The van der Waals surface area contributed by atoms with Crippen molar-refractivity contribution in [2.75, 3.05) is 0 Å². The van der Waals surface area contributed by atoms with Gasteiger partial charge in [0.05, 0.1) is 6.10 Å². The summed E-state index contributed by atoms with van der Waals surface area (Å²) < 4.78 is 0. The lowest BCUT2D eigenvalue weighted by atomic mass is 10.2. The van der Waals surface area contributed by atoms with Crippen molar-refractivity contribution in [2.45, 2.75) is 32.7 Å². The maximum absolute atomic E-state index is 9.21. The molecule has 2 heteroatoms. The molecule has 0 fully saturated rings. The molecule has 1 N–H and O–H groups in total. The quantitative estimate of drug-likeness (QED) is 0.406. The molecule has 0 heterocycles. The van der Waals surface area contributed by atoms with Crippen LogP contribution in [0.5, 0.6) is 0 Å². The summed E-state index contributed by atoms with van der Waals surface area (Å²) in [7, 11) is -1.29. The van der Waals surface area contributed by atoms with Gasteiger partial charge < -0.3 is 5.11 Å². The highest BCUT2D eigenvalue weighted by molar-refractivity contribution is 6.83. The molecule has 0 rings (SSSR count). The third-order valence-electron chi connectivity index (χ3n) is 1.30. The van der Waals surface area contributed by atoms with E-state index in [4.69, 9.17) is 0 Å². The Bertz CT molecular complexity index is 260. The summed E-state index contributed by atoms with van der Waals surface area (Å²) in [6, 6.07) is 0. The number of rotatable bonds is 2. The minimum absolute atomic E-state index is 0.573. The third kappa shape index (κ3) is 7.57. The molecule has 0 aromatic rings. The number of hydrogen-bond acceptors (Lipinski definition) is 1. The lowest BCUT2D eigenvalue weighted by Crippen LogP contribution is -2.16. The largest absolute Gasteiger partial charge is 0.385 e. The van der Waals surface area contributed by atoms with Gasteiger partial charge in [-0.2, -0.15) is 0 Å². The van der Waals surface area contributed by atoms with E-state index >= 15 is 0 Å². The monoisotopic (exact) mass is 194 g/mol. The number of hydrogen-bond donors (Lipinski definition) is 1. The molecule has 0 aromatic carbocycles. The molecule has 13 heavy (non-hydrogen) atoms. The van der Waals surface area contributed by atoms with Crippen LogP contribution in [0.25, 0.3) is 0 Å². The Kier molecular flexibility index (Phi) is 4.75. The predicted octanol–water partition coefficient (Wildman–Crippen LogP) is 2.36. The van der Waals surface area contributed by atoms with Crippen LogP contribution in [0.4, 0.5) is 0 Å². The molecule has 0 saturated heterocycles. The van der Waals surface area contributed by atoms with E-state index in [1.807, 2.05) is 6.92 Å². The molecule has 1 atom stereocenters. The minimum Gasteiger partial charge on any atom is -0.385 e. The first-order valence-corrected chi connectivity index (χ1v) is 7.87. The second-order valence-electron chi connectivity index (χ2n) is 4.08. The Balaban J connectivity index is 4.43. The minimum atomic E-state index is -1.29. The lowest BCUT2D eigenvalue weighted by Gasteiger charge is -2.03. The van der Waals surface area contributed by atoms with Crippen molar-refractivity contribution in [3.05, 3.63) is 24.3 Å². The summed E-state index contributed by atoms with van der Waals surface area (Å²) in [5, 5.41) is 9.21. The first-order valence-electron chi connectivity index (χ1n) is 4.37. The van der Waals surface area contributed by atoms with Gasteiger partial charge in [0.15, 0.2) is 0 Å². The Hall–Kier alpha value is -0.783. The Morgan fingerprint density at radius 1 is 1.46 bits per heavy atom. The molecule has 0 aliphatic heterocycles. The molecule has 0 aromatic heterocycles. The molecule has 0 amide bonds. The van der Waals surface area contributed by atoms with Crippen molar-refractivity contribution in [3.8, 4) is 11.5 Å². The average Bonchev–Trinajstić information content (AvgIpc) is 1.99. The highest BCUT2D eigenvalue weighted by atomic mass is 28.3. The van der Waals surface area contributed by atoms with E-state index in [2.05, 4.69) is 37.7 Å². The molecule has 0 aliphatic rings. The van der Waals surface area contributed by atoms with E-state index in [0.29, 0.717) is 0 Å². The van der Waals surface area contributed by atoms with Gasteiger partial charge in [-0.3, -0.25) is 0 Å². The first kappa shape index (κ1) is 12.2. The van der Waals surface area contributed by atoms with Gasteiger partial charge in [0.1, 0.15) is 8.07 Å². The molecule has 0 aliphatic carbocycles. The molecule has 1 unspecified atom stereocenters. The van der Waals surface area contributed by atoms with E-state index in [1.54, 1.807) is 6.08 Å². The molecule has 0 bridgehead atoms. The van der Waals surface area contributed by atoms with Crippen LogP contribution in [0.3, 0.4) is 0 Å². The summed E-state index contributed by atoms with van der Waals surface area (Å²) in [4.78, 5) is 0. The highest BCUT2D eigenvalue weighted by Gasteiger charge is 2.07. The lowest BCUT2D eigenvalue weighted by molar-refractivity contribution is 0.271. The first-order chi connectivity index (χ1) is 5.85. The van der Waals surface area contributed by atoms with E-state index < -0.39 is 14.2 Å². The van der Waals surface area contributed by atoms with Crippen molar-refractivity contribution in [2.24, 2.45) is 0 Å². The van der Waals surface area contributed by atoms with Crippen LogP contribution >= 0.6 is 0 Å². The Morgan fingerprint density at radius 3 is 2.38 bits per heavy atom. The zero-order chi connectivity index (χ0) is 10.5. The molecular formula is C11H18OSi. The van der Waals surface area contributed by atoms with Crippen molar-refractivity contribution in [1.29, 1.82) is 0 Å². The number of allylic oxidation sites excluding steroid dienone is 1. The fourth-order valence-electron chi connectivity index (χ4n) is 0.652. The van der Waals surface area contributed by atoms with Gasteiger partial charge >= 0.3 is 0 Å². The smallest absolute Gasteiger partial charge is 0.129 e. The van der Waals surface area contributed by atoms with E-state index in [0.717, 1.165) is 5.57 Å². The molecule has 72 valence electrons. The predicted molar refractivity (Wildman–Crippen MR) is 61.1 cm³/mol. The van der Waals surface area contributed by atoms with Gasteiger partial charge in [0, 0.05) is 0 Å². The van der Waals surface area contributed by atoms with Gasteiger partial charge in [-0.05, 0) is 18.6 Å². The third-order valence-corrected chi connectivity index (χ3v) is 2.17. The van der Waals surface area contributed by atoms with Gasteiger partial charge in [0.2, 0.25) is 0 Å². The molecular weight excluding hydrogens is 176 g/mol. The van der Waals surface area contributed by atoms with E-state index in [9.17, 15) is 5.11 Å². The van der Waals surface area contributed by atoms with Crippen molar-refractivity contribution in [1.82, 2.24) is 0 Å². The summed E-state index contributed by atoms with van der Waals surface area (Å²) in [5.74, 6) is 3.05. The van der Waals surface area contributed by atoms with Gasteiger partial charge in [0.25, 0.3) is 0 Å². The summed E-state index contributed by atoms with van der Waals surface area (Å²) in [6.45, 7) is 12.0. The fourth-order valence-corrected chi connectivity index (χ4v) is 1.22. The highest BCUT2D eigenvalue weighted by Crippen LogP contribution is 2.00. The van der Waals surface area contributed by atoms with Crippen LogP contribution in [0.1, 0.15) is 6.92 Å². The van der Waals surface area contributed by atoms with Gasteiger partial charge in [-0.25, -0.2) is 0 Å². The van der Waals surface area contributed by atoms with E-state index in [-0.39, 0.29) is 0 Å². The maximum Gasteiger partial charge on any atom is 0.129 e. The maximum atomic E-state index is 9.21. The second-order valence-corrected chi connectivity index (χ2v) is 8.83. The van der Waals surface area contributed by atoms with Crippen LogP contribution in [0, 0.1) is 11.5 Å². The molecule has 0 radical (unpaired) electrons. The summed E-state index contributed by atoms with van der Waals surface area (Å²) in [6.07, 6.45) is 2.62. The SMILES string of the molecule is C=CC(O)/C=C(\C)C#C[Si](C)(C)C. The van der Waals surface area contributed by atoms with Crippen molar-refractivity contribution < 1.29 is 5.11 Å². The zero-order valence-corrected chi connectivity index (χ0v) is 9.89. The molecule has 1 nitrogen and oxygen atoms in total. The Labute approximate surface area is 82.2 Å². The Morgan fingerprint density at radius 2 is 2.00 bits per heavy atom. The van der Waals surface area contributed by atoms with Crippen LogP contribution in [0.2, 0.25) is 19.6 Å². The average molecular weight is 194 g/mol. The van der Waals surface area contributed by atoms with Gasteiger partial charge in [-0.1, -0.05) is 31.6 Å². The number of aliphatic hydroxyl groups excluding tert-OH is 1. The number of aliphatic hydroxyl groups is 1.